The molecule has 1 aromatic heterocycles. The molecule has 5 heteroatoms. The van der Waals surface area contributed by atoms with Gasteiger partial charge in [0.15, 0.2) is 18.2 Å². The predicted molar refractivity (Wildman–Crippen MR) is 54.5 cm³/mol. The fraction of sp³-hybridized carbons (Fsp3) is 0.273. The van der Waals surface area contributed by atoms with Gasteiger partial charge in [0.2, 0.25) is 5.89 Å². The topological polar surface area (TPSA) is 48.2 Å². The summed E-state index contributed by atoms with van der Waals surface area (Å²) in [6.45, 7) is 3.62. The second-order valence-corrected chi connectivity index (χ2v) is 3.44. The average Bonchev–Trinajstić information content (AvgIpc) is 2.66. The summed E-state index contributed by atoms with van der Waals surface area (Å²) in [4.78, 5) is 0. The molecule has 0 saturated heterocycles. The van der Waals surface area contributed by atoms with Crippen LogP contribution in [0, 0.1) is 19.7 Å². The normalized spacial score (nSPS) is 10.4. The van der Waals surface area contributed by atoms with E-state index in [-0.39, 0.29) is 12.4 Å². The zero-order chi connectivity index (χ0) is 11.5. The first-order valence-corrected chi connectivity index (χ1v) is 4.83. The van der Waals surface area contributed by atoms with Crippen molar-refractivity contribution in [2.24, 2.45) is 0 Å². The summed E-state index contributed by atoms with van der Waals surface area (Å²) in [5, 5.41) is 7.40. The molecule has 0 aliphatic rings. The minimum absolute atomic E-state index is 0.0706. The Balaban J connectivity index is 2.07. The maximum atomic E-state index is 13.3. The largest absolute Gasteiger partial charge is 0.481 e. The molecule has 1 aromatic carbocycles. The highest BCUT2D eigenvalue weighted by Crippen LogP contribution is 2.19. The van der Waals surface area contributed by atoms with Crippen molar-refractivity contribution >= 4 is 0 Å². The molecule has 0 N–H and O–H groups in total. The lowest BCUT2D eigenvalue weighted by atomic mass is 10.2. The Morgan fingerprint density at radius 3 is 2.81 bits per heavy atom. The summed E-state index contributed by atoms with van der Waals surface area (Å²) in [6.07, 6.45) is 0. The summed E-state index contributed by atoms with van der Waals surface area (Å²) >= 11 is 0. The van der Waals surface area contributed by atoms with Gasteiger partial charge in [0, 0.05) is 6.92 Å². The maximum absolute atomic E-state index is 13.3. The summed E-state index contributed by atoms with van der Waals surface area (Å²) in [5.41, 5.74) is 0.929. The van der Waals surface area contributed by atoms with Crippen LogP contribution in [0.25, 0.3) is 0 Å². The minimum atomic E-state index is -0.401. The molecule has 84 valence electrons. The summed E-state index contributed by atoms with van der Waals surface area (Å²) in [5.74, 6) is 0.583. The first-order valence-electron chi connectivity index (χ1n) is 4.83. The molecular formula is C11H11FN2O2. The van der Waals surface area contributed by atoms with Gasteiger partial charge in [0.05, 0.1) is 0 Å². The molecule has 0 radical (unpaired) electrons. The smallest absolute Gasteiger partial charge is 0.253 e. The zero-order valence-electron chi connectivity index (χ0n) is 9.03. The third-order valence-corrected chi connectivity index (χ3v) is 2.01. The molecule has 1 heterocycles. The van der Waals surface area contributed by atoms with Gasteiger partial charge in [-0.15, -0.1) is 10.2 Å². The van der Waals surface area contributed by atoms with Crippen molar-refractivity contribution in [3.63, 3.8) is 0 Å². The van der Waals surface area contributed by atoms with Gasteiger partial charge in [-0.05, 0) is 24.6 Å². The average molecular weight is 222 g/mol. The van der Waals surface area contributed by atoms with Crippen LogP contribution in [0.4, 0.5) is 4.39 Å². The van der Waals surface area contributed by atoms with Crippen molar-refractivity contribution in [1.82, 2.24) is 10.2 Å². The number of hydrogen-bond acceptors (Lipinski definition) is 4. The van der Waals surface area contributed by atoms with E-state index in [2.05, 4.69) is 10.2 Å². The third kappa shape index (κ3) is 2.36. The molecule has 16 heavy (non-hydrogen) atoms. The lowest BCUT2D eigenvalue weighted by Crippen LogP contribution is -1.98. The minimum Gasteiger partial charge on any atom is -0.481 e. The van der Waals surface area contributed by atoms with Crippen LogP contribution in [0.15, 0.2) is 22.6 Å². The Kier molecular flexibility index (Phi) is 2.85. The molecule has 4 nitrogen and oxygen atoms in total. The summed E-state index contributed by atoms with van der Waals surface area (Å²) < 4.78 is 23.6. The zero-order valence-corrected chi connectivity index (χ0v) is 9.03. The van der Waals surface area contributed by atoms with E-state index in [0.29, 0.717) is 11.8 Å². The molecule has 0 spiro atoms. The highest BCUT2D eigenvalue weighted by Gasteiger charge is 2.07. The van der Waals surface area contributed by atoms with Crippen LogP contribution >= 0.6 is 0 Å². The van der Waals surface area contributed by atoms with Crippen molar-refractivity contribution < 1.29 is 13.5 Å². The first kappa shape index (κ1) is 10.6. The van der Waals surface area contributed by atoms with Crippen LogP contribution in [0.5, 0.6) is 5.75 Å². The number of aromatic nitrogens is 2. The Bertz CT molecular complexity index is 496. The van der Waals surface area contributed by atoms with Gasteiger partial charge in [-0.3, -0.25) is 0 Å². The Morgan fingerprint density at radius 2 is 2.12 bits per heavy atom. The molecule has 0 atom stereocenters. The number of aryl methyl sites for hydroxylation is 2. The predicted octanol–water partition coefficient (Wildman–Crippen LogP) is 2.40. The maximum Gasteiger partial charge on any atom is 0.253 e. The number of hydrogen-bond donors (Lipinski definition) is 0. The van der Waals surface area contributed by atoms with E-state index in [1.807, 2.05) is 6.92 Å². The Morgan fingerprint density at radius 1 is 1.31 bits per heavy atom. The van der Waals surface area contributed by atoms with Gasteiger partial charge in [-0.25, -0.2) is 4.39 Å². The number of benzene rings is 1. The fourth-order valence-corrected chi connectivity index (χ4v) is 1.26. The number of halogens is 1. The number of nitrogens with zero attached hydrogens (tertiary/aromatic N) is 2. The molecule has 0 saturated carbocycles. The van der Waals surface area contributed by atoms with Crippen LogP contribution in [0.2, 0.25) is 0 Å². The van der Waals surface area contributed by atoms with Crippen molar-refractivity contribution in [2.75, 3.05) is 0 Å². The second-order valence-electron chi connectivity index (χ2n) is 3.44. The van der Waals surface area contributed by atoms with Crippen molar-refractivity contribution in [2.45, 2.75) is 20.5 Å². The molecule has 0 aliphatic heterocycles. The molecule has 0 amide bonds. The van der Waals surface area contributed by atoms with Gasteiger partial charge < -0.3 is 9.15 Å². The van der Waals surface area contributed by atoms with Crippen LogP contribution in [0.3, 0.4) is 0 Å². The number of ether oxygens (including phenoxy) is 1. The Hall–Kier alpha value is -1.91. The van der Waals surface area contributed by atoms with Crippen molar-refractivity contribution in [3.05, 3.63) is 41.4 Å². The van der Waals surface area contributed by atoms with Crippen LogP contribution < -0.4 is 4.74 Å². The van der Waals surface area contributed by atoms with Gasteiger partial charge in [-0.2, -0.15) is 0 Å². The number of rotatable bonds is 3. The van der Waals surface area contributed by atoms with Crippen LogP contribution in [-0.4, -0.2) is 10.2 Å². The van der Waals surface area contributed by atoms with E-state index in [4.69, 9.17) is 9.15 Å². The molecule has 2 aromatic rings. The SMILES string of the molecule is Cc1ccc(F)c(OCc2nnc(C)o2)c1. The van der Waals surface area contributed by atoms with Crippen LogP contribution in [0.1, 0.15) is 17.3 Å². The monoisotopic (exact) mass is 222 g/mol. The van der Waals surface area contributed by atoms with Gasteiger partial charge in [-0.1, -0.05) is 6.07 Å². The highest BCUT2D eigenvalue weighted by molar-refractivity contribution is 5.29. The van der Waals surface area contributed by atoms with Gasteiger partial charge in [0.1, 0.15) is 0 Å². The van der Waals surface area contributed by atoms with E-state index in [1.54, 1.807) is 19.1 Å². The molecule has 0 aliphatic carbocycles. The quantitative estimate of drug-likeness (QED) is 0.800. The summed E-state index contributed by atoms with van der Waals surface area (Å²) in [7, 11) is 0. The lowest BCUT2D eigenvalue weighted by Gasteiger charge is -2.05. The van der Waals surface area contributed by atoms with E-state index in [0.717, 1.165) is 5.56 Å². The van der Waals surface area contributed by atoms with Crippen LogP contribution in [-0.2, 0) is 6.61 Å². The molecule has 0 unspecified atom stereocenters. The third-order valence-electron chi connectivity index (χ3n) is 2.01. The highest BCUT2D eigenvalue weighted by atomic mass is 19.1. The van der Waals surface area contributed by atoms with Gasteiger partial charge >= 0.3 is 0 Å². The first-order chi connectivity index (χ1) is 7.65. The summed E-state index contributed by atoms with van der Waals surface area (Å²) in [6, 6.07) is 4.67. The van der Waals surface area contributed by atoms with Gasteiger partial charge in [0.25, 0.3) is 5.89 Å². The van der Waals surface area contributed by atoms with E-state index in [9.17, 15) is 4.39 Å². The van der Waals surface area contributed by atoms with Crippen molar-refractivity contribution in [1.29, 1.82) is 0 Å². The molecule has 0 fully saturated rings. The Labute approximate surface area is 92.1 Å². The molecule has 0 bridgehead atoms. The molecule has 2 rings (SSSR count). The molecular weight excluding hydrogens is 211 g/mol. The lowest BCUT2D eigenvalue weighted by molar-refractivity contribution is 0.249. The standard InChI is InChI=1S/C11H11FN2O2/c1-7-3-4-9(12)10(5-7)15-6-11-14-13-8(2)16-11/h3-5H,6H2,1-2H3. The van der Waals surface area contributed by atoms with E-state index >= 15 is 0 Å². The fourth-order valence-electron chi connectivity index (χ4n) is 1.26. The van der Waals surface area contributed by atoms with Crippen molar-refractivity contribution in [3.8, 4) is 5.75 Å². The van der Waals surface area contributed by atoms with E-state index in [1.165, 1.54) is 6.07 Å². The second kappa shape index (κ2) is 4.30. The van der Waals surface area contributed by atoms with E-state index < -0.39 is 5.82 Å².